The molecular weight excluding hydrogens is 223 g/mol. The second kappa shape index (κ2) is 3.51. The lowest BCUT2D eigenvalue weighted by molar-refractivity contribution is 0.411. The second-order valence-corrected chi connectivity index (χ2v) is 3.45. The van der Waals surface area contributed by atoms with Crippen molar-refractivity contribution < 1.29 is 9.50 Å². The Bertz CT molecular complexity index is 695. The Labute approximate surface area is 95.2 Å². The van der Waals surface area contributed by atoms with Crippen LogP contribution < -0.4 is 0 Å². The zero-order chi connectivity index (χ0) is 11.8. The topological polar surface area (TPSA) is 63.3 Å². The summed E-state index contributed by atoms with van der Waals surface area (Å²) in [6.07, 6.45) is 2.65. The van der Waals surface area contributed by atoms with Crippen molar-refractivity contribution in [3.05, 3.63) is 42.6 Å². The number of hydrogen-bond acceptors (Lipinski definition) is 4. The van der Waals surface area contributed by atoms with Gasteiger partial charge in [-0.05, 0) is 6.07 Å². The average Bonchev–Trinajstić information content (AvgIpc) is 2.75. The van der Waals surface area contributed by atoms with Crippen molar-refractivity contribution in [2.24, 2.45) is 0 Å². The van der Waals surface area contributed by atoms with Gasteiger partial charge in [-0.2, -0.15) is 14.6 Å². The molecule has 0 saturated heterocycles. The minimum Gasteiger partial charge on any atom is -0.479 e. The van der Waals surface area contributed by atoms with Gasteiger partial charge in [0.1, 0.15) is 12.1 Å². The maximum Gasteiger partial charge on any atom is 0.318 e. The molecule has 17 heavy (non-hydrogen) atoms. The van der Waals surface area contributed by atoms with Gasteiger partial charge >= 0.3 is 6.01 Å². The van der Waals surface area contributed by atoms with Crippen molar-refractivity contribution >= 4 is 5.65 Å². The molecule has 0 spiro atoms. The number of rotatable bonds is 1. The van der Waals surface area contributed by atoms with E-state index in [4.69, 9.17) is 0 Å². The van der Waals surface area contributed by atoms with E-state index in [0.29, 0.717) is 16.8 Å². The third-order valence-corrected chi connectivity index (χ3v) is 2.45. The molecule has 2 aromatic heterocycles. The summed E-state index contributed by atoms with van der Waals surface area (Å²) in [4.78, 5) is 7.57. The van der Waals surface area contributed by atoms with Crippen LogP contribution in [-0.4, -0.2) is 24.7 Å². The summed E-state index contributed by atoms with van der Waals surface area (Å²) in [6, 6.07) is 6.04. The summed E-state index contributed by atoms with van der Waals surface area (Å²) >= 11 is 0. The van der Waals surface area contributed by atoms with E-state index in [2.05, 4.69) is 15.1 Å². The molecule has 0 aliphatic rings. The molecule has 0 aliphatic heterocycles. The van der Waals surface area contributed by atoms with Gasteiger partial charge in [-0.25, -0.2) is 9.37 Å². The molecule has 0 radical (unpaired) electrons. The highest BCUT2D eigenvalue weighted by molar-refractivity contribution is 5.77. The summed E-state index contributed by atoms with van der Waals surface area (Å²) < 4.78 is 14.8. The maximum absolute atomic E-state index is 13.6. The van der Waals surface area contributed by atoms with Gasteiger partial charge in [-0.3, -0.25) is 0 Å². The quantitative estimate of drug-likeness (QED) is 0.690. The van der Waals surface area contributed by atoms with Crippen LogP contribution in [0.2, 0.25) is 0 Å². The smallest absolute Gasteiger partial charge is 0.318 e. The minimum atomic E-state index is -0.361. The van der Waals surface area contributed by atoms with Gasteiger partial charge in [0.15, 0.2) is 5.65 Å². The number of halogens is 1. The Balaban J connectivity index is 2.33. The van der Waals surface area contributed by atoms with Gasteiger partial charge in [0.2, 0.25) is 0 Å². The first-order valence-corrected chi connectivity index (χ1v) is 4.90. The normalized spacial score (nSPS) is 10.9. The standard InChI is InChI=1S/C11H7FN4O/c12-9-4-2-1-3-7(9)8-5-15-16-10(8)13-6-14-11(16)17/h1-6H,(H,13,14,17). The number of hydrogen-bond donors (Lipinski definition) is 1. The van der Waals surface area contributed by atoms with Crippen LogP contribution in [0.3, 0.4) is 0 Å². The first-order chi connectivity index (χ1) is 8.27. The lowest BCUT2D eigenvalue weighted by Gasteiger charge is -2.00. The Kier molecular flexibility index (Phi) is 2.01. The fourth-order valence-corrected chi connectivity index (χ4v) is 1.67. The fourth-order valence-electron chi connectivity index (χ4n) is 1.67. The van der Waals surface area contributed by atoms with E-state index in [0.717, 1.165) is 4.52 Å². The molecule has 0 unspecified atom stereocenters. The van der Waals surface area contributed by atoms with Crippen LogP contribution >= 0.6 is 0 Å². The number of aromatic nitrogens is 4. The zero-order valence-corrected chi connectivity index (χ0v) is 8.58. The third-order valence-electron chi connectivity index (χ3n) is 2.45. The van der Waals surface area contributed by atoms with Gasteiger partial charge in [0.25, 0.3) is 0 Å². The highest BCUT2D eigenvalue weighted by Gasteiger charge is 2.13. The third kappa shape index (κ3) is 1.42. The van der Waals surface area contributed by atoms with E-state index >= 15 is 0 Å². The van der Waals surface area contributed by atoms with E-state index in [1.54, 1.807) is 18.2 Å². The molecule has 3 rings (SSSR count). The highest BCUT2D eigenvalue weighted by Crippen LogP contribution is 2.26. The summed E-state index contributed by atoms with van der Waals surface area (Å²) in [6.45, 7) is 0. The molecule has 5 nitrogen and oxygen atoms in total. The molecule has 0 saturated carbocycles. The van der Waals surface area contributed by atoms with Crippen LogP contribution in [0.15, 0.2) is 36.8 Å². The molecule has 0 fully saturated rings. The van der Waals surface area contributed by atoms with Crippen molar-refractivity contribution in [3.8, 4) is 17.1 Å². The molecule has 1 aromatic carbocycles. The fraction of sp³-hybridized carbons (Fsp3) is 0. The Hall–Kier alpha value is -2.50. The van der Waals surface area contributed by atoms with Crippen molar-refractivity contribution in [1.29, 1.82) is 0 Å². The molecule has 0 atom stereocenters. The predicted octanol–water partition coefficient (Wildman–Crippen LogP) is 1.64. The minimum absolute atomic E-state index is 0.280. The van der Waals surface area contributed by atoms with Crippen molar-refractivity contribution in [1.82, 2.24) is 19.6 Å². The first kappa shape index (κ1) is 9.71. The number of fused-ring (bicyclic) bond motifs is 1. The number of aromatic hydroxyl groups is 1. The summed E-state index contributed by atoms with van der Waals surface area (Å²) in [7, 11) is 0. The summed E-state index contributed by atoms with van der Waals surface area (Å²) in [5.74, 6) is -0.361. The molecule has 84 valence electrons. The second-order valence-electron chi connectivity index (χ2n) is 3.45. The zero-order valence-electron chi connectivity index (χ0n) is 8.58. The summed E-state index contributed by atoms with van der Waals surface area (Å²) in [5, 5.41) is 13.4. The Morgan fingerprint density at radius 2 is 1.94 bits per heavy atom. The van der Waals surface area contributed by atoms with Crippen LogP contribution in [0, 0.1) is 5.82 Å². The SMILES string of the molecule is Oc1ncnc2c(-c3ccccc3F)cnn12. The van der Waals surface area contributed by atoms with Crippen LogP contribution in [0.4, 0.5) is 4.39 Å². The number of benzene rings is 1. The van der Waals surface area contributed by atoms with E-state index in [-0.39, 0.29) is 11.8 Å². The lowest BCUT2D eigenvalue weighted by atomic mass is 10.1. The van der Waals surface area contributed by atoms with E-state index in [9.17, 15) is 9.50 Å². The van der Waals surface area contributed by atoms with Crippen LogP contribution in [-0.2, 0) is 0 Å². The lowest BCUT2D eigenvalue weighted by Crippen LogP contribution is -1.93. The molecule has 3 aromatic rings. The Morgan fingerprint density at radius 3 is 2.76 bits per heavy atom. The van der Waals surface area contributed by atoms with Gasteiger partial charge in [0, 0.05) is 11.1 Å². The summed E-state index contributed by atoms with van der Waals surface area (Å²) in [5.41, 5.74) is 1.27. The van der Waals surface area contributed by atoms with E-state index < -0.39 is 0 Å². The predicted molar refractivity (Wildman–Crippen MR) is 57.8 cm³/mol. The average molecular weight is 230 g/mol. The largest absolute Gasteiger partial charge is 0.479 e. The van der Waals surface area contributed by atoms with Crippen LogP contribution in [0.5, 0.6) is 6.01 Å². The highest BCUT2D eigenvalue weighted by atomic mass is 19.1. The Morgan fingerprint density at radius 1 is 1.12 bits per heavy atom. The van der Waals surface area contributed by atoms with Crippen molar-refractivity contribution in [3.63, 3.8) is 0 Å². The molecule has 2 heterocycles. The molecule has 6 heteroatoms. The van der Waals surface area contributed by atoms with Gasteiger partial charge < -0.3 is 5.11 Å². The molecule has 0 aliphatic carbocycles. The molecule has 0 bridgehead atoms. The van der Waals surface area contributed by atoms with Crippen molar-refractivity contribution in [2.75, 3.05) is 0 Å². The van der Waals surface area contributed by atoms with Crippen LogP contribution in [0.25, 0.3) is 16.8 Å². The van der Waals surface area contributed by atoms with E-state index in [1.165, 1.54) is 18.6 Å². The molecule has 0 amide bonds. The molecule has 1 N–H and O–H groups in total. The first-order valence-electron chi connectivity index (χ1n) is 4.90. The van der Waals surface area contributed by atoms with Gasteiger partial charge in [-0.1, -0.05) is 18.2 Å². The number of nitrogens with zero attached hydrogens (tertiary/aromatic N) is 4. The maximum atomic E-state index is 13.6. The monoisotopic (exact) mass is 230 g/mol. The van der Waals surface area contributed by atoms with Crippen LogP contribution in [0.1, 0.15) is 0 Å². The van der Waals surface area contributed by atoms with E-state index in [1.807, 2.05) is 0 Å². The van der Waals surface area contributed by atoms with Crippen molar-refractivity contribution in [2.45, 2.75) is 0 Å². The molecular formula is C11H7FN4O. The van der Waals surface area contributed by atoms with Gasteiger partial charge in [0.05, 0.1) is 6.20 Å². The van der Waals surface area contributed by atoms with Gasteiger partial charge in [-0.15, -0.1) is 0 Å².